The van der Waals surface area contributed by atoms with Gasteiger partial charge in [-0.05, 0) is 6.92 Å². The van der Waals surface area contributed by atoms with E-state index >= 15 is 0 Å². The third-order valence-electron chi connectivity index (χ3n) is 1.57. The van der Waals surface area contributed by atoms with Gasteiger partial charge in [-0.25, -0.2) is 0 Å². The Morgan fingerprint density at radius 1 is 1.43 bits per heavy atom. The molecule has 0 N–H and O–H groups in total. The van der Waals surface area contributed by atoms with Crippen LogP contribution in [0.5, 0.6) is 0 Å². The molecule has 0 saturated heterocycles. The number of carbonyl (C=O) groups is 1. The molecule has 76 valence electrons. The van der Waals surface area contributed by atoms with Gasteiger partial charge in [0.05, 0.1) is 4.92 Å². The Balaban J connectivity index is 0.000000791. The Hall–Kier alpha value is -1.42. The van der Waals surface area contributed by atoms with Gasteiger partial charge in [0.2, 0.25) is 0 Å². The third kappa shape index (κ3) is 3.14. The molecule has 0 saturated carbocycles. The number of nitro benzene ring substituents is 1. The van der Waals surface area contributed by atoms with Crippen molar-refractivity contribution in [2.45, 2.75) is 6.92 Å². The summed E-state index contributed by atoms with van der Waals surface area (Å²) >= 11 is 4.64. The summed E-state index contributed by atoms with van der Waals surface area (Å²) in [5, 5.41) is 10.4. The first-order chi connectivity index (χ1) is 6.65. The Morgan fingerprint density at radius 2 is 2.00 bits per heavy atom. The van der Waals surface area contributed by atoms with Gasteiger partial charge in [0.1, 0.15) is 6.29 Å². The van der Waals surface area contributed by atoms with E-state index in [1.54, 1.807) is 19.1 Å². The van der Waals surface area contributed by atoms with Crippen LogP contribution in [0, 0.1) is 17.0 Å². The standard InChI is InChI=1S/C8H7NO3.CH3Cl/c1-6-2-3-7(5-10)4-8(6)9(11)12;1-2/h2-5H,1H3;1H3. The van der Waals surface area contributed by atoms with Crippen molar-refractivity contribution in [2.75, 3.05) is 6.38 Å². The van der Waals surface area contributed by atoms with Crippen LogP contribution in [0.15, 0.2) is 18.2 Å². The lowest BCUT2D eigenvalue weighted by Crippen LogP contribution is -1.92. The topological polar surface area (TPSA) is 60.2 Å². The number of benzene rings is 1. The van der Waals surface area contributed by atoms with E-state index in [0.717, 1.165) is 0 Å². The SMILES string of the molecule is CCl.Cc1ccc(C=O)cc1[N+](=O)[O-]. The van der Waals surface area contributed by atoms with Crippen molar-refractivity contribution in [2.24, 2.45) is 0 Å². The number of rotatable bonds is 2. The summed E-state index contributed by atoms with van der Waals surface area (Å²) in [6.45, 7) is 1.63. The summed E-state index contributed by atoms with van der Waals surface area (Å²) < 4.78 is 0. The number of halogens is 1. The summed E-state index contributed by atoms with van der Waals surface area (Å²) in [4.78, 5) is 20.2. The first-order valence-corrected chi connectivity index (χ1v) is 4.49. The molecule has 14 heavy (non-hydrogen) atoms. The second-order valence-electron chi connectivity index (χ2n) is 2.42. The number of aldehydes is 1. The van der Waals surface area contributed by atoms with E-state index in [9.17, 15) is 14.9 Å². The highest BCUT2D eigenvalue weighted by atomic mass is 35.5. The molecule has 0 aromatic heterocycles. The molecule has 0 aliphatic carbocycles. The maximum Gasteiger partial charge on any atom is 0.273 e. The zero-order valence-electron chi connectivity index (χ0n) is 7.86. The van der Waals surface area contributed by atoms with Crippen LogP contribution in [0.3, 0.4) is 0 Å². The number of nitro groups is 1. The average Bonchev–Trinajstić information content (AvgIpc) is 2.21. The number of nitrogens with zero attached hydrogens (tertiary/aromatic N) is 1. The van der Waals surface area contributed by atoms with E-state index in [0.29, 0.717) is 17.4 Å². The largest absolute Gasteiger partial charge is 0.298 e. The maximum absolute atomic E-state index is 10.4. The number of hydrogen-bond donors (Lipinski definition) is 0. The number of hydrogen-bond acceptors (Lipinski definition) is 3. The minimum atomic E-state index is -0.498. The lowest BCUT2D eigenvalue weighted by molar-refractivity contribution is -0.385. The molecule has 4 nitrogen and oxygen atoms in total. The molecule has 0 spiro atoms. The average molecular weight is 216 g/mol. The third-order valence-corrected chi connectivity index (χ3v) is 1.57. The van der Waals surface area contributed by atoms with Crippen molar-refractivity contribution >= 4 is 23.6 Å². The normalized spacial score (nSPS) is 8.50. The van der Waals surface area contributed by atoms with Gasteiger partial charge in [-0.2, -0.15) is 0 Å². The molecule has 0 amide bonds. The van der Waals surface area contributed by atoms with Gasteiger partial charge in [0, 0.05) is 23.6 Å². The first-order valence-electron chi connectivity index (χ1n) is 3.73. The van der Waals surface area contributed by atoms with E-state index in [1.165, 1.54) is 12.4 Å². The fourth-order valence-corrected chi connectivity index (χ4v) is 0.896. The van der Waals surface area contributed by atoms with Crippen molar-refractivity contribution in [3.8, 4) is 0 Å². The summed E-state index contributed by atoms with van der Waals surface area (Å²) in [5.74, 6) is 0. The Labute approximate surface area is 86.6 Å². The van der Waals surface area contributed by atoms with Crippen LogP contribution in [0.25, 0.3) is 0 Å². The molecule has 0 aliphatic heterocycles. The monoisotopic (exact) mass is 215 g/mol. The molecule has 0 aliphatic rings. The first kappa shape index (κ1) is 12.6. The number of aryl methyl sites for hydroxylation is 1. The summed E-state index contributed by atoms with van der Waals surface area (Å²) in [6.07, 6.45) is 2.06. The predicted octanol–water partition coefficient (Wildman–Crippen LogP) is 2.57. The highest BCUT2D eigenvalue weighted by Gasteiger charge is 2.09. The molecule has 1 rings (SSSR count). The molecule has 0 atom stereocenters. The van der Waals surface area contributed by atoms with Crippen LogP contribution in [0.2, 0.25) is 0 Å². The second-order valence-corrected chi connectivity index (χ2v) is 2.42. The zero-order valence-corrected chi connectivity index (χ0v) is 8.62. The summed E-state index contributed by atoms with van der Waals surface area (Å²) in [6, 6.07) is 4.37. The van der Waals surface area contributed by atoms with Crippen molar-refractivity contribution in [3.63, 3.8) is 0 Å². The van der Waals surface area contributed by atoms with E-state index in [2.05, 4.69) is 11.6 Å². The van der Waals surface area contributed by atoms with Gasteiger partial charge in [-0.3, -0.25) is 14.9 Å². The van der Waals surface area contributed by atoms with E-state index < -0.39 is 4.92 Å². The quantitative estimate of drug-likeness (QED) is 0.330. The van der Waals surface area contributed by atoms with Crippen LogP contribution in [-0.4, -0.2) is 17.6 Å². The maximum atomic E-state index is 10.4. The highest BCUT2D eigenvalue weighted by molar-refractivity contribution is 6.15. The molecule has 0 unspecified atom stereocenters. The zero-order chi connectivity index (χ0) is 11.1. The van der Waals surface area contributed by atoms with Gasteiger partial charge in [-0.1, -0.05) is 12.1 Å². The number of alkyl halides is 1. The van der Waals surface area contributed by atoms with E-state index in [-0.39, 0.29) is 5.69 Å². The fourth-order valence-electron chi connectivity index (χ4n) is 0.896. The van der Waals surface area contributed by atoms with Crippen molar-refractivity contribution in [1.29, 1.82) is 0 Å². The second kappa shape index (κ2) is 6.10. The summed E-state index contributed by atoms with van der Waals surface area (Å²) in [5.41, 5.74) is 0.873. The smallest absolute Gasteiger partial charge is 0.273 e. The van der Waals surface area contributed by atoms with E-state index in [4.69, 9.17) is 0 Å². The Bertz CT molecular complexity index is 339. The van der Waals surface area contributed by atoms with Gasteiger partial charge < -0.3 is 0 Å². The van der Waals surface area contributed by atoms with Gasteiger partial charge in [-0.15, -0.1) is 11.6 Å². The molecule has 0 bridgehead atoms. The van der Waals surface area contributed by atoms with Crippen LogP contribution >= 0.6 is 11.6 Å². The molecular formula is C9H10ClNO3. The predicted molar refractivity (Wildman–Crippen MR) is 55.0 cm³/mol. The molecule has 0 radical (unpaired) electrons. The van der Waals surface area contributed by atoms with Gasteiger partial charge >= 0.3 is 0 Å². The molecule has 0 heterocycles. The minimum Gasteiger partial charge on any atom is -0.298 e. The lowest BCUT2D eigenvalue weighted by atomic mass is 10.1. The fraction of sp³-hybridized carbons (Fsp3) is 0.222. The van der Waals surface area contributed by atoms with Crippen molar-refractivity contribution in [1.82, 2.24) is 0 Å². The van der Waals surface area contributed by atoms with E-state index in [1.807, 2.05) is 0 Å². The minimum absolute atomic E-state index is 0.0143. The van der Waals surface area contributed by atoms with Crippen LogP contribution in [0.4, 0.5) is 5.69 Å². The lowest BCUT2D eigenvalue weighted by Gasteiger charge is -1.96. The summed E-state index contributed by atoms with van der Waals surface area (Å²) in [7, 11) is 0. The Kier molecular flexibility index (Phi) is 5.48. The highest BCUT2D eigenvalue weighted by Crippen LogP contribution is 2.17. The van der Waals surface area contributed by atoms with Crippen LogP contribution in [0.1, 0.15) is 15.9 Å². The molecule has 1 aromatic carbocycles. The number of carbonyl (C=O) groups excluding carboxylic acids is 1. The molecular weight excluding hydrogens is 206 g/mol. The Morgan fingerprint density at radius 3 is 2.43 bits per heavy atom. The molecule has 0 fully saturated rings. The van der Waals surface area contributed by atoms with Gasteiger partial charge in [0.25, 0.3) is 5.69 Å². The van der Waals surface area contributed by atoms with Crippen LogP contribution < -0.4 is 0 Å². The molecule has 5 heteroatoms. The van der Waals surface area contributed by atoms with Crippen molar-refractivity contribution in [3.05, 3.63) is 39.4 Å². The van der Waals surface area contributed by atoms with Crippen molar-refractivity contribution < 1.29 is 9.72 Å². The molecule has 1 aromatic rings. The van der Waals surface area contributed by atoms with Gasteiger partial charge in [0.15, 0.2) is 0 Å². The van der Waals surface area contributed by atoms with Crippen LogP contribution in [-0.2, 0) is 0 Å².